The summed E-state index contributed by atoms with van der Waals surface area (Å²) >= 11 is 0. The van der Waals surface area contributed by atoms with E-state index >= 15 is 0 Å². The second-order valence-corrected chi connectivity index (χ2v) is 6.88. The zero-order valence-electron chi connectivity index (χ0n) is 12.7. The molecule has 3 heteroatoms. The van der Waals surface area contributed by atoms with Crippen LogP contribution in [-0.4, -0.2) is 61.7 Å². The average molecular weight is 253 g/mol. The lowest BCUT2D eigenvalue weighted by Gasteiger charge is -2.45. The van der Waals surface area contributed by atoms with E-state index in [0.717, 1.165) is 12.0 Å². The van der Waals surface area contributed by atoms with Crippen LogP contribution in [0.25, 0.3) is 0 Å². The van der Waals surface area contributed by atoms with Crippen LogP contribution in [0, 0.1) is 5.92 Å². The molecule has 0 aromatic rings. The maximum atomic E-state index is 3.50. The zero-order valence-corrected chi connectivity index (χ0v) is 12.7. The molecule has 0 bridgehead atoms. The fourth-order valence-electron chi connectivity index (χ4n) is 3.64. The first-order chi connectivity index (χ1) is 8.53. The van der Waals surface area contributed by atoms with Gasteiger partial charge in [0.15, 0.2) is 0 Å². The first-order valence-electron chi connectivity index (χ1n) is 7.64. The fourth-order valence-corrected chi connectivity index (χ4v) is 3.64. The SMILES string of the molecule is CNC1CCCC1CCN1CCN(C)C(C)(C)C1. The van der Waals surface area contributed by atoms with Gasteiger partial charge in [0.2, 0.25) is 0 Å². The monoisotopic (exact) mass is 253 g/mol. The van der Waals surface area contributed by atoms with Crippen molar-refractivity contribution < 1.29 is 0 Å². The number of likely N-dealkylation sites (N-methyl/N-ethyl adjacent to an activating group) is 1. The number of nitrogens with zero attached hydrogens (tertiary/aromatic N) is 2. The van der Waals surface area contributed by atoms with Crippen molar-refractivity contribution >= 4 is 0 Å². The predicted molar refractivity (Wildman–Crippen MR) is 78.0 cm³/mol. The Bertz CT molecular complexity index is 264. The molecular weight excluding hydrogens is 222 g/mol. The summed E-state index contributed by atoms with van der Waals surface area (Å²) in [5.74, 6) is 0.915. The van der Waals surface area contributed by atoms with E-state index in [2.05, 4.69) is 43.1 Å². The minimum absolute atomic E-state index is 0.344. The Morgan fingerprint density at radius 2 is 2.00 bits per heavy atom. The van der Waals surface area contributed by atoms with Crippen LogP contribution in [0.3, 0.4) is 0 Å². The maximum Gasteiger partial charge on any atom is 0.0277 e. The molecule has 2 rings (SSSR count). The summed E-state index contributed by atoms with van der Waals surface area (Å²) in [6.45, 7) is 9.71. The summed E-state index contributed by atoms with van der Waals surface area (Å²) in [4.78, 5) is 5.17. The van der Waals surface area contributed by atoms with Gasteiger partial charge in [-0.15, -0.1) is 0 Å². The summed E-state index contributed by atoms with van der Waals surface area (Å²) in [5, 5.41) is 3.50. The smallest absolute Gasteiger partial charge is 0.0277 e. The molecule has 0 aromatic carbocycles. The standard InChI is InChI=1S/C15H31N3/c1-15(2)12-18(11-10-17(15)4)9-8-13-6-5-7-14(13)16-3/h13-14,16H,5-12H2,1-4H3. The molecule has 2 atom stereocenters. The highest BCUT2D eigenvalue weighted by Crippen LogP contribution is 2.29. The quantitative estimate of drug-likeness (QED) is 0.824. The molecule has 0 spiro atoms. The third-order valence-electron chi connectivity index (χ3n) is 5.24. The van der Waals surface area contributed by atoms with Crippen LogP contribution in [-0.2, 0) is 0 Å². The van der Waals surface area contributed by atoms with Crippen LogP contribution in [0.4, 0.5) is 0 Å². The van der Waals surface area contributed by atoms with Gasteiger partial charge >= 0.3 is 0 Å². The highest BCUT2D eigenvalue weighted by atomic mass is 15.3. The van der Waals surface area contributed by atoms with E-state index in [9.17, 15) is 0 Å². The van der Waals surface area contributed by atoms with E-state index in [-0.39, 0.29) is 0 Å². The van der Waals surface area contributed by atoms with Gasteiger partial charge in [0, 0.05) is 31.2 Å². The van der Waals surface area contributed by atoms with E-state index in [1.54, 1.807) is 0 Å². The molecule has 106 valence electrons. The Hall–Kier alpha value is -0.120. The molecular formula is C15H31N3. The first-order valence-corrected chi connectivity index (χ1v) is 7.64. The van der Waals surface area contributed by atoms with Crippen LogP contribution in [0.1, 0.15) is 39.5 Å². The molecule has 0 radical (unpaired) electrons. The predicted octanol–water partition coefficient (Wildman–Crippen LogP) is 1.79. The molecule has 1 N–H and O–H groups in total. The van der Waals surface area contributed by atoms with E-state index in [0.29, 0.717) is 5.54 Å². The van der Waals surface area contributed by atoms with Gasteiger partial charge in [-0.25, -0.2) is 0 Å². The Morgan fingerprint density at radius 1 is 1.22 bits per heavy atom. The average Bonchev–Trinajstić information content (AvgIpc) is 2.78. The van der Waals surface area contributed by atoms with Gasteiger partial charge in [0.25, 0.3) is 0 Å². The number of nitrogens with one attached hydrogen (secondary N) is 1. The number of piperazine rings is 1. The molecule has 1 heterocycles. The van der Waals surface area contributed by atoms with Crippen LogP contribution in [0.5, 0.6) is 0 Å². The van der Waals surface area contributed by atoms with Crippen LogP contribution >= 0.6 is 0 Å². The molecule has 18 heavy (non-hydrogen) atoms. The van der Waals surface area contributed by atoms with Crippen LogP contribution < -0.4 is 5.32 Å². The lowest BCUT2D eigenvalue weighted by atomic mass is 9.96. The van der Waals surface area contributed by atoms with Gasteiger partial charge in [-0.2, -0.15) is 0 Å². The Morgan fingerprint density at radius 3 is 2.67 bits per heavy atom. The van der Waals surface area contributed by atoms with Gasteiger partial charge in [-0.3, -0.25) is 4.90 Å². The van der Waals surface area contributed by atoms with E-state index in [1.807, 2.05) is 0 Å². The van der Waals surface area contributed by atoms with E-state index in [4.69, 9.17) is 0 Å². The molecule has 2 aliphatic rings. The van der Waals surface area contributed by atoms with Gasteiger partial charge in [-0.1, -0.05) is 6.42 Å². The largest absolute Gasteiger partial charge is 0.317 e. The summed E-state index contributed by atoms with van der Waals surface area (Å²) in [7, 11) is 4.38. The molecule has 1 aliphatic carbocycles. The van der Waals surface area contributed by atoms with Crippen LogP contribution in [0.15, 0.2) is 0 Å². The van der Waals surface area contributed by atoms with Gasteiger partial charge in [-0.05, 0) is 59.7 Å². The van der Waals surface area contributed by atoms with Crippen molar-refractivity contribution in [3.63, 3.8) is 0 Å². The molecule has 1 saturated heterocycles. The Labute approximate surface area is 113 Å². The number of rotatable bonds is 4. The van der Waals surface area contributed by atoms with Crippen molar-refractivity contribution in [2.24, 2.45) is 5.92 Å². The number of hydrogen-bond donors (Lipinski definition) is 1. The topological polar surface area (TPSA) is 18.5 Å². The second-order valence-electron chi connectivity index (χ2n) is 6.88. The third-order valence-corrected chi connectivity index (χ3v) is 5.24. The summed E-state index contributed by atoms with van der Waals surface area (Å²) in [6, 6.07) is 0.783. The molecule has 2 unspecified atom stereocenters. The maximum absolute atomic E-state index is 3.50. The van der Waals surface area contributed by atoms with Gasteiger partial charge in [0.05, 0.1) is 0 Å². The summed E-state index contributed by atoms with van der Waals surface area (Å²) < 4.78 is 0. The molecule has 1 aliphatic heterocycles. The van der Waals surface area contributed by atoms with Crippen LogP contribution in [0.2, 0.25) is 0 Å². The summed E-state index contributed by atoms with van der Waals surface area (Å²) in [6.07, 6.45) is 5.62. The van der Waals surface area contributed by atoms with Crippen molar-refractivity contribution in [3.05, 3.63) is 0 Å². The first kappa shape index (κ1) is 14.3. The molecule has 3 nitrogen and oxygen atoms in total. The Kier molecular flexibility index (Phi) is 4.68. The minimum Gasteiger partial charge on any atom is -0.317 e. The third kappa shape index (κ3) is 3.25. The normalized spacial score (nSPS) is 34.0. The van der Waals surface area contributed by atoms with E-state index < -0.39 is 0 Å². The second kappa shape index (κ2) is 5.89. The minimum atomic E-state index is 0.344. The van der Waals surface area contributed by atoms with Crippen molar-refractivity contribution in [2.45, 2.75) is 51.1 Å². The van der Waals surface area contributed by atoms with E-state index in [1.165, 1.54) is 51.9 Å². The fraction of sp³-hybridized carbons (Fsp3) is 1.00. The Balaban J connectivity index is 1.77. The highest BCUT2D eigenvalue weighted by molar-refractivity contribution is 4.89. The zero-order chi connectivity index (χ0) is 13.2. The van der Waals surface area contributed by atoms with Crippen molar-refractivity contribution in [1.82, 2.24) is 15.1 Å². The lowest BCUT2D eigenvalue weighted by molar-refractivity contribution is 0.0369. The van der Waals surface area contributed by atoms with Crippen molar-refractivity contribution in [3.8, 4) is 0 Å². The van der Waals surface area contributed by atoms with Gasteiger partial charge in [0.1, 0.15) is 0 Å². The molecule has 1 saturated carbocycles. The van der Waals surface area contributed by atoms with Gasteiger partial charge < -0.3 is 10.2 Å². The van der Waals surface area contributed by atoms with Crippen molar-refractivity contribution in [2.75, 3.05) is 40.3 Å². The lowest BCUT2D eigenvalue weighted by Crippen LogP contribution is -2.57. The molecule has 2 fully saturated rings. The highest BCUT2D eigenvalue weighted by Gasteiger charge is 2.32. The summed E-state index contributed by atoms with van der Waals surface area (Å²) in [5.41, 5.74) is 0.344. The van der Waals surface area contributed by atoms with Crippen molar-refractivity contribution in [1.29, 1.82) is 0 Å². The molecule has 0 aromatic heterocycles. The molecule has 0 amide bonds. The number of hydrogen-bond acceptors (Lipinski definition) is 3.